The van der Waals surface area contributed by atoms with Crippen LogP contribution < -0.4 is 10.9 Å². The van der Waals surface area contributed by atoms with Crippen molar-refractivity contribution in [2.45, 2.75) is 19.4 Å². The molecule has 0 radical (unpaired) electrons. The van der Waals surface area contributed by atoms with Crippen molar-refractivity contribution in [1.29, 1.82) is 0 Å². The van der Waals surface area contributed by atoms with Crippen LogP contribution in [0.15, 0.2) is 40.6 Å². The zero-order valence-corrected chi connectivity index (χ0v) is 13.3. The van der Waals surface area contributed by atoms with Crippen LogP contribution in [0.3, 0.4) is 0 Å². The minimum atomic E-state index is -0.726. The molecule has 23 heavy (non-hydrogen) atoms. The Morgan fingerprint density at radius 2 is 2.22 bits per heavy atom. The van der Waals surface area contributed by atoms with E-state index in [4.69, 9.17) is 0 Å². The summed E-state index contributed by atoms with van der Waals surface area (Å²) in [5, 5.41) is 14.0. The van der Waals surface area contributed by atoms with Gasteiger partial charge in [-0.25, -0.2) is 4.98 Å². The first-order valence-electron chi connectivity index (χ1n) is 7.17. The van der Waals surface area contributed by atoms with Crippen molar-refractivity contribution >= 4 is 28.1 Å². The third kappa shape index (κ3) is 3.26. The molecule has 0 spiro atoms. The summed E-state index contributed by atoms with van der Waals surface area (Å²) in [5.41, 5.74) is 0.198. The molecule has 2 aromatic heterocycles. The molecule has 3 aromatic rings. The van der Waals surface area contributed by atoms with Gasteiger partial charge in [-0.3, -0.25) is 9.59 Å². The van der Waals surface area contributed by atoms with E-state index in [9.17, 15) is 9.59 Å². The second-order valence-corrected chi connectivity index (χ2v) is 5.98. The van der Waals surface area contributed by atoms with Crippen LogP contribution >= 0.6 is 11.3 Å². The van der Waals surface area contributed by atoms with Gasteiger partial charge in [0.25, 0.3) is 5.56 Å². The first kappa shape index (κ1) is 15.3. The smallest absolute Gasteiger partial charge is 0.278 e. The quantitative estimate of drug-likeness (QED) is 0.759. The topological polar surface area (TPSA) is 89.8 Å². The highest BCUT2D eigenvalue weighted by Gasteiger charge is 2.18. The molecule has 0 aliphatic rings. The molecule has 0 saturated carbocycles. The summed E-state index contributed by atoms with van der Waals surface area (Å²) in [6.07, 6.45) is 2.39. The van der Waals surface area contributed by atoms with Crippen molar-refractivity contribution < 1.29 is 4.79 Å². The molecule has 1 amide bonds. The number of hydrogen-bond donors (Lipinski definition) is 1. The van der Waals surface area contributed by atoms with Gasteiger partial charge in [-0.15, -0.1) is 16.4 Å². The van der Waals surface area contributed by atoms with Crippen molar-refractivity contribution in [3.63, 3.8) is 0 Å². The van der Waals surface area contributed by atoms with Crippen LogP contribution in [0.5, 0.6) is 0 Å². The van der Waals surface area contributed by atoms with Crippen LogP contribution in [0.4, 0.5) is 0 Å². The fourth-order valence-electron chi connectivity index (χ4n) is 2.18. The minimum Gasteiger partial charge on any atom is -0.354 e. The molecule has 0 aliphatic carbocycles. The molecule has 0 bridgehead atoms. The average Bonchev–Trinajstić information content (AvgIpc) is 3.08. The Balaban J connectivity index is 1.72. The van der Waals surface area contributed by atoms with E-state index in [1.54, 1.807) is 48.7 Å². The summed E-state index contributed by atoms with van der Waals surface area (Å²) in [6, 6.07) is 6.21. The number of nitrogens with one attached hydrogen (secondary N) is 1. The highest BCUT2D eigenvalue weighted by Crippen LogP contribution is 2.07. The maximum absolute atomic E-state index is 12.4. The lowest BCUT2D eigenvalue weighted by molar-refractivity contribution is -0.124. The van der Waals surface area contributed by atoms with E-state index in [1.807, 2.05) is 5.38 Å². The van der Waals surface area contributed by atoms with E-state index in [-0.39, 0.29) is 11.5 Å². The third-order valence-electron chi connectivity index (χ3n) is 3.46. The second-order valence-electron chi connectivity index (χ2n) is 5.00. The molecule has 1 aromatic carbocycles. The standard InChI is InChI=1S/C15H15N5O2S/c1-10(14(21)17-7-6-13-16-8-9-23-13)20-15(22)11-4-2-3-5-12(11)18-19-20/h2-5,8-10H,6-7H2,1H3,(H,17,21)/t10-/m0/s1. The molecule has 3 rings (SSSR count). The van der Waals surface area contributed by atoms with Crippen molar-refractivity contribution in [3.05, 3.63) is 51.2 Å². The molecule has 1 atom stereocenters. The molecule has 8 heteroatoms. The number of thiazole rings is 1. The molecule has 1 N–H and O–H groups in total. The van der Waals surface area contributed by atoms with Gasteiger partial charge in [0.1, 0.15) is 11.6 Å². The highest BCUT2D eigenvalue weighted by atomic mass is 32.1. The summed E-state index contributed by atoms with van der Waals surface area (Å²) in [5.74, 6) is -0.270. The fourth-order valence-corrected chi connectivity index (χ4v) is 2.80. The number of carbonyl (C=O) groups excluding carboxylic acids is 1. The van der Waals surface area contributed by atoms with E-state index in [0.717, 1.165) is 9.69 Å². The summed E-state index contributed by atoms with van der Waals surface area (Å²) in [4.78, 5) is 28.8. The fraction of sp³-hybridized carbons (Fsp3) is 0.267. The molecular weight excluding hydrogens is 314 g/mol. The average molecular weight is 329 g/mol. The number of carbonyl (C=O) groups is 1. The maximum atomic E-state index is 12.4. The number of nitrogens with zero attached hydrogens (tertiary/aromatic N) is 4. The Bertz CT molecular complexity index is 875. The van der Waals surface area contributed by atoms with Gasteiger partial charge in [-0.05, 0) is 19.1 Å². The number of rotatable bonds is 5. The molecule has 0 saturated heterocycles. The Kier molecular flexibility index (Phi) is 4.42. The largest absolute Gasteiger partial charge is 0.354 e. The van der Waals surface area contributed by atoms with Gasteiger partial charge in [0.05, 0.1) is 10.4 Å². The monoisotopic (exact) mass is 329 g/mol. The Morgan fingerprint density at radius 3 is 3.00 bits per heavy atom. The second kappa shape index (κ2) is 6.66. The van der Waals surface area contributed by atoms with Gasteiger partial charge in [0.15, 0.2) is 0 Å². The van der Waals surface area contributed by atoms with Crippen LogP contribution in [-0.4, -0.2) is 32.4 Å². The van der Waals surface area contributed by atoms with Crippen LogP contribution in [0.2, 0.25) is 0 Å². The number of benzene rings is 1. The summed E-state index contributed by atoms with van der Waals surface area (Å²) < 4.78 is 1.11. The lowest BCUT2D eigenvalue weighted by Gasteiger charge is -2.13. The first-order valence-corrected chi connectivity index (χ1v) is 8.05. The van der Waals surface area contributed by atoms with Crippen molar-refractivity contribution in [3.8, 4) is 0 Å². The lowest BCUT2D eigenvalue weighted by Crippen LogP contribution is -2.38. The van der Waals surface area contributed by atoms with E-state index in [0.29, 0.717) is 23.9 Å². The van der Waals surface area contributed by atoms with E-state index in [2.05, 4.69) is 20.6 Å². The van der Waals surface area contributed by atoms with Gasteiger partial charge in [-0.1, -0.05) is 17.3 Å². The van der Waals surface area contributed by atoms with Crippen LogP contribution in [0.1, 0.15) is 18.0 Å². The number of hydrogen-bond acceptors (Lipinski definition) is 6. The highest BCUT2D eigenvalue weighted by molar-refractivity contribution is 7.09. The molecule has 0 aliphatic heterocycles. The normalized spacial score (nSPS) is 12.2. The predicted octanol–water partition coefficient (Wildman–Crippen LogP) is 1.17. The molecular formula is C15H15N5O2S. The number of amides is 1. The molecule has 7 nitrogen and oxygen atoms in total. The van der Waals surface area contributed by atoms with Crippen molar-refractivity contribution in [2.24, 2.45) is 0 Å². The lowest BCUT2D eigenvalue weighted by atomic mass is 10.2. The summed E-state index contributed by atoms with van der Waals surface area (Å²) in [7, 11) is 0. The van der Waals surface area contributed by atoms with E-state index < -0.39 is 6.04 Å². The first-order chi connectivity index (χ1) is 11.2. The Morgan fingerprint density at radius 1 is 1.39 bits per heavy atom. The van der Waals surface area contributed by atoms with Crippen LogP contribution in [0.25, 0.3) is 10.9 Å². The molecule has 0 fully saturated rings. The van der Waals surface area contributed by atoms with E-state index in [1.165, 1.54) is 0 Å². The number of fused-ring (bicyclic) bond motifs is 1. The minimum absolute atomic E-state index is 0.270. The summed E-state index contributed by atoms with van der Waals surface area (Å²) >= 11 is 1.54. The zero-order valence-electron chi connectivity index (χ0n) is 12.5. The Labute approximate surface area is 136 Å². The summed E-state index contributed by atoms with van der Waals surface area (Å²) in [6.45, 7) is 2.09. The maximum Gasteiger partial charge on any atom is 0.278 e. The van der Waals surface area contributed by atoms with Gasteiger partial charge >= 0.3 is 0 Å². The van der Waals surface area contributed by atoms with Gasteiger partial charge < -0.3 is 5.32 Å². The molecule has 2 heterocycles. The van der Waals surface area contributed by atoms with Crippen LogP contribution in [0, 0.1) is 0 Å². The van der Waals surface area contributed by atoms with E-state index >= 15 is 0 Å². The predicted molar refractivity (Wildman–Crippen MR) is 87.3 cm³/mol. The van der Waals surface area contributed by atoms with Crippen molar-refractivity contribution in [1.82, 2.24) is 25.3 Å². The number of aromatic nitrogens is 4. The van der Waals surface area contributed by atoms with Crippen LogP contribution in [-0.2, 0) is 11.2 Å². The molecule has 0 unspecified atom stereocenters. The SMILES string of the molecule is C[C@@H](C(=O)NCCc1nccs1)n1nnc2ccccc2c1=O. The Hall–Kier alpha value is -2.61. The van der Waals surface area contributed by atoms with Gasteiger partial charge in [0.2, 0.25) is 5.91 Å². The molecule has 118 valence electrons. The third-order valence-corrected chi connectivity index (χ3v) is 4.30. The zero-order chi connectivity index (χ0) is 16.2. The van der Waals surface area contributed by atoms with Gasteiger partial charge in [-0.2, -0.15) is 4.68 Å². The van der Waals surface area contributed by atoms with Crippen molar-refractivity contribution in [2.75, 3.05) is 6.54 Å². The van der Waals surface area contributed by atoms with Gasteiger partial charge in [0, 0.05) is 24.5 Å².